The average Bonchev–Trinajstić information content (AvgIpc) is 3.07. The van der Waals surface area contributed by atoms with E-state index in [0.717, 1.165) is 23.0 Å². The second-order valence-electron chi connectivity index (χ2n) is 5.75. The minimum atomic E-state index is -2.13. The molecule has 1 heterocycles. The summed E-state index contributed by atoms with van der Waals surface area (Å²) in [6, 6.07) is 14.2. The van der Waals surface area contributed by atoms with Crippen LogP contribution in [-0.4, -0.2) is 22.8 Å². The van der Waals surface area contributed by atoms with Crippen LogP contribution in [-0.2, 0) is 6.54 Å². The van der Waals surface area contributed by atoms with E-state index in [0.29, 0.717) is 0 Å². The van der Waals surface area contributed by atoms with Crippen LogP contribution in [0.25, 0.3) is 0 Å². The Hall–Kier alpha value is -2.34. The van der Waals surface area contributed by atoms with Crippen LogP contribution in [0.15, 0.2) is 61.2 Å². The zero-order valence-corrected chi connectivity index (χ0v) is 13.8. The molecule has 0 amide bonds. The van der Waals surface area contributed by atoms with Crippen molar-refractivity contribution in [1.29, 1.82) is 0 Å². The zero-order chi connectivity index (χ0) is 16.3. The van der Waals surface area contributed by atoms with Crippen molar-refractivity contribution in [2.75, 3.05) is 0 Å². The summed E-state index contributed by atoms with van der Waals surface area (Å²) < 4.78 is 28.4. The zero-order valence-electron chi connectivity index (χ0n) is 12.8. The molecule has 0 saturated heterocycles. The van der Waals surface area contributed by atoms with Crippen molar-refractivity contribution in [2.24, 2.45) is 0 Å². The van der Waals surface area contributed by atoms with Crippen LogP contribution in [0.5, 0.6) is 0 Å². The van der Waals surface area contributed by atoms with Gasteiger partial charge in [0.2, 0.25) is 0 Å². The maximum Gasteiger partial charge on any atom is 0.137 e. The Morgan fingerprint density at radius 2 is 1.43 bits per heavy atom. The summed E-state index contributed by atoms with van der Waals surface area (Å²) in [5, 5.41) is 6.38. The number of aromatic nitrogens is 3. The van der Waals surface area contributed by atoms with Gasteiger partial charge in [-0.1, -0.05) is 41.2 Å². The monoisotopic (exact) mass is 329 g/mol. The molecule has 0 unspecified atom stereocenters. The third-order valence-corrected chi connectivity index (χ3v) is 8.71. The fourth-order valence-electron chi connectivity index (χ4n) is 2.78. The molecule has 3 nitrogen and oxygen atoms in total. The van der Waals surface area contributed by atoms with Crippen molar-refractivity contribution >= 4 is 18.4 Å². The fourth-order valence-corrected chi connectivity index (χ4v) is 6.17. The molecule has 1 aromatic heterocycles. The Morgan fingerprint density at radius 3 is 1.87 bits per heavy atom. The molecule has 118 valence electrons. The maximum absolute atomic E-state index is 13.3. The molecule has 0 fully saturated rings. The van der Waals surface area contributed by atoms with Crippen molar-refractivity contribution in [3.8, 4) is 0 Å². The number of benzene rings is 2. The third kappa shape index (κ3) is 3.37. The first-order chi connectivity index (χ1) is 11.1. The summed E-state index contributed by atoms with van der Waals surface area (Å²) in [4.78, 5) is 3.96. The minimum Gasteiger partial charge on any atom is -0.253 e. The van der Waals surface area contributed by atoms with Crippen LogP contribution >= 0.6 is 0 Å². The van der Waals surface area contributed by atoms with Crippen LogP contribution in [0.1, 0.15) is 0 Å². The highest BCUT2D eigenvalue weighted by Crippen LogP contribution is 2.13. The molecular formula is C17H17F2N3Si. The van der Waals surface area contributed by atoms with Gasteiger partial charge in [0.25, 0.3) is 0 Å². The first kappa shape index (κ1) is 15.5. The van der Waals surface area contributed by atoms with E-state index >= 15 is 0 Å². The summed E-state index contributed by atoms with van der Waals surface area (Å²) in [6.07, 6.45) is 3.19. The molecule has 0 aliphatic heterocycles. The molecule has 0 radical (unpaired) electrons. The van der Waals surface area contributed by atoms with Crippen LogP contribution < -0.4 is 10.4 Å². The SMILES string of the molecule is C[Si](CCn1cncn1)(c1ccc(F)cc1)c1ccc(F)cc1. The van der Waals surface area contributed by atoms with Gasteiger partial charge in [0.05, 0.1) is 0 Å². The van der Waals surface area contributed by atoms with Gasteiger partial charge in [-0.3, -0.25) is 4.68 Å². The lowest BCUT2D eigenvalue weighted by atomic mass is 10.3. The lowest BCUT2D eigenvalue weighted by Crippen LogP contribution is -2.56. The predicted molar refractivity (Wildman–Crippen MR) is 88.5 cm³/mol. The van der Waals surface area contributed by atoms with Crippen LogP contribution in [0.2, 0.25) is 12.6 Å². The van der Waals surface area contributed by atoms with Crippen molar-refractivity contribution in [3.63, 3.8) is 0 Å². The van der Waals surface area contributed by atoms with Crippen LogP contribution in [0, 0.1) is 11.6 Å². The quantitative estimate of drug-likeness (QED) is 0.673. The summed E-state index contributed by atoms with van der Waals surface area (Å²) >= 11 is 0. The van der Waals surface area contributed by atoms with Gasteiger partial charge in [-0.05, 0) is 30.3 Å². The van der Waals surface area contributed by atoms with Crippen molar-refractivity contribution in [1.82, 2.24) is 14.8 Å². The Morgan fingerprint density at radius 1 is 0.913 bits per heavy atom. The van der Waals surface area contributed by atoms with E-state index in [1.807, 2.05) is 24.3 Å². The Bertz CT molecular complexity index is 710. The van der Waals surface area contributed by atoms with Crippen molar-refractivity contribution in [3.05, 3.63) is 72.8 Å². The average molecular weight is 329 g/mol. The Labute approximate surface area is 134 Å². The molecule has 2 aromatic carbocycles. The van der Waals surface area contributed by atoms with Gasteiger partial charge >= 0.3 is 0 Å². The lowest BCUT2D eigenvalue weighted by Gasteiger charge is -2.28. The van der Waals surface area contributed by atoms with Crippen LogP contribution in [0.4, 0.5) is 8.78 Å². The number of halogens is 2. The largest absolute Gasteiger partial charge is 0.253 e. The highest BCUT2D eigenvalue weighted by atomic mass is 28.3. The van der Waals surface area contributed by atoms with Gasteiger partial charge in [0.15, 0.2) is 0 Å². The molecule has 0 saturated carbocycles. The first-order valence-electron chi connectivity index (χ1n) is 7.42. The summed E-state index contributed by atoms with van der Waals surface area (Å²) in [5.74, 6) is -0.499. The van der Waals surface area contributed by atoms with Gasteiger partial charge in [-0.15, -0.1) is 0 Å². The molecular weight excluding hydrogens is 312 g/mol. The van der Waals surface area contributed by atoms with Gasteiger partial charge in [0.1, 0.15) is 32.4 Å². The highest BCUT2D eigenvalue weighted by Gasteiger charge is 2.31. The molecule has 6 heteroatoms. The number of hydrogen-bond donors (Lipinski definition) is 0. The molecule has 23 heavy (non-hydrogen) atoms. The Kier molecular flexibility index (Phi) is 4.34. The summed E-state index contributed by atoms with van der Waals surface area (Å²) in [6.45, 7) is 2.93. The summed E-state index contributed by atoms with van der Waals surface area (Å²) in [7, 11) is -2.13. The smallest absolute Gasteiger partial charge is 0.137 e. The second kappa shape index (κ2) is 6.42. The number of nitrogens with zero attached hydrogens (tertiary/aromatic N) is 3. The van der Waals surface area contributed by atoms with E-state index in [4.69, 9.17) is 0 Å². The number of rotatable bonds is 5. The summed E-state index contributed by atoms with van der Waals surface area (Å²) in [5.41, 5.74) is 0. The van der Waals surface area contributed by atoms with E-state index in [1.54, 1.807) is 11.0 Å². The van der Waals surface area contributed by atoms with Crippen molar-refractivity contribution in [2.45, 2.75) is 19.1 Å². The maximum atomic E-state index is 13.3. The topological polar surface area (TPSA) is 30.7 Å². The normalized spacial score (nSPS) is 11.6. The van der Waals surface area contributed by atoms with Gasteiger partial charge in [-0.25, -0.2) is 13.8 Å². The first-order valence-corrected chi connectivity index (χ1v) is 10.1. The molecule has 3 aromatic rings. The van der Waals surface area contributed by atoms with Crippen molar-refractivity contribution < 1.29 is 8.78 Å². The van der Waals surface area contributed by atoms with Gasteiger partial charge in [0, 0.05) is 6.54 Å². The standard InChI is InChI=1S/C17H17F2N3Si/c1-23(11-10-22-13-20-12-21-22,16-6-2-14(18)3-7-16)17-8-4-15(19)5-9-17/h2-9,12-13H,10-11H2,1H3. The molecule has 0 aliphatic carbocycles. The lowest BCUT2D eigenvalue weighted by molar-refractivity contribution is 0.628. The molecule has 0 atom stereocenters. The fraction of sp³-hybridized carbons (Fsp3) is 0.176. The van der Waals surface area contributed by atoms with Gasteiger partial charge < -0.3 is 0 Å². The molecule has 0 N–H and O–H groups in total. The Balaban J connectivity index is 1.97. The van der Waals surface area contributed by atoms with E-state index in [2.05, 4.69) is 16.6 Å². The highest BCUT2D eigenvalue weighted by molar-refractivity contribution is 7.01. The van der Waals surface area contributed by atoms with Crippen LogP contribution in [0.3, 0.4) is 0 Å². The number of hydrogen-bond acceptors (Lipinski definition) is 2. The molecule has 3 rings (SSSR count). The predicted octanol–water partition coefficient (Wildman–Crippen LogP) is 2.45. The van der Waals surface area contributed by atoms with E-state index in [9.17, 15) is 8.78 Å². The van der Waals surface area contributed by atoms with Gasteiger partial charge in [-0.2, -0.15) is 5.10 Å². The van der Waals surface area contributed by atoms with E-state index in [-0.39, 0.29) is 11.6 Å². The molecule has 0 aliphatic rings. The minimum absolute atomic E-state index is 0.250. The molecule has 0 spiro atoms. The molecule has 0 bridgehead atoms. The third-order valence-electron chi connectivity index (χ3n) is 4.27. The van der Waals surface area contributed by atoms with E-state index in [1.165, 1.54) is 30.6 Å². The number of aryl methyl sites for hydroxylation is 1. The van der Waals surface area contributed by atoms with E-state index < -0.39 is 8.07 Å². The second-order valence-corrected chi connectivity index (χ2v) is 10.1.